The molecule has 0 spiro atoms. The maximum absolute atomic E-state index is 12.5. The summed E-state index contributed by atoms with van der Waals surface area (Å²) in [6.45, 7) is 4.26. The van der Waals surface area contributed by atoms with E-state index in [1.165, 1.54) is 10.9 Å². The molecular formula is C19H20N6O2. The number of hydrogen-bond donors (Lipinski definition) is 2. The van der Waals surface area contributed by atoms with Crippen LogP contribution in [0.15, 0.2) is 48.9 Å². The van der Waals surface area contributed by atoms with Crippen molar-refractivity contribution in [3.63, 3.8) is 0 Å². The molecule has 1 aliphatic heterocycles. The lowest BCUT2D eigenvalue weighted by Crippen LogP contribution is -2.33. The third kappa shape index (κ3) is 4.02. The summed E-state index contributed by atoms with van der Waals surface area (Å²) in [6, 6.07) is 9.49. The monoisotopic (exact) mass is 364 g/mol. The lowest BCUT2D eigenvalue weighted by Gasteiger charge is -2.24. The smallest absolute Gasteiger partial charge is 0.258 e. The van der Waals surface area contributed by atoms with Gasteiger partial charge in [0, 0.05) is 36.9 Å². The summed E-state index contributed by atoms with van der Waals surface area (Å²) in [4.78, 5) is 20.9. The molecule has 27 heavy (non-hydrogen) atoms. The van der Waals surface area contributed by atoms with Crippen molar-refractivity contribution in [2.24, 2.45) is 0 Å². The van der Waals surface area contributed by atoms with E-state index in [9.17, 15) is 4.79 Å². The zero-order valence-electron chi connectivity index (χ0n) is 14.9. The topological polar surface area (TPSA) is 94.0 Å². The molecule has 2 aromatic heterocycles. The number of rotatable bonds is 4. The summed E-state index contributed by atoms with van der Waals surface area (Å²) in [5.41, 5.74) is 3.07. The molecule has 1 aliphatic rings. The first-order valence-electron chi connectivity index (χ1n) is 8.77. The third-order valence-corrected chi connectivity index (χ3v) is 4.30. The van der Waals surface area contributed by atoms with Crippen molar-refractivity contribution in [3.8, 4) is 5.95 Å². The molecule has 1 fully saturated rings. The molecule has 0 aliphatic carbocycles. The van der Waals surface area contributed by atoms with Crippen LogP contribution in [0.2, 0.25) is 0 Å². The maximum atomic E-state index is 12.5. The minimum Gasteiger partial charge on any atom is -0.371 e. The molecule has 8 nitrogen and oxygen atoms in total. The highest BCUT2D eigenvalue weighted by molar-refractivity contribution is 6.03. The van der Waals surface area contributed by atoms with E-state index < -0.39 is 0 Å². The number of carbonyl (C=O) groups excluding carboxylic acids is 1. The fourth-order valence-electron chi connectivity index (χ4n) is 2.86. The van der Waals surface area contributed by atoms with E-state index in [-0.39, 0.29) is 12.0 Å². The number of hydrogen-bond acceptors (Lipinski definition) is 6. The quantitative estimate of drug-likeness (QED) is 0.734. The number of aromatic nitrogens is 4. The first-order chi connectivity index (χ1) is 13.2. The summed E-state index contributed by atoms with van der Waals surface area (Å²) in [7, 11) is 0. The van der Waals surface area contributed by atoms with E-state index in [2.05, 4.69) is 25.7 Å². The number of aryl methyl sites for hydroxylation is 1. The number of benzene rings is 1. The molecule has 3 heterocycles. The third-order valence-electron chi connectivity index (χ3n) is 4.30. The molecule has 3 aromatic rings. The van der Waals surface area contributed by atoms with Gasteiger partial charge in [0.1, 0.15) is 0 Å². The van der Waals surface area contributed by atoms with Gasteiger partial charge in [0.15, 0.2) is 0 Å². The van der Waals surface area contributed by atoms with Crippen molar-refractivity contribution in [2.75, 3.05) is 25.0 Å². The zero-order chi connectivity index (χ0) is 18.6. The van der Waals surface area contributed by atoms with Crippen LogP contribution >= 0.6 is 0 Å². The van der Waals surface area contributed by atoms with Gasteiger partial charge in [0.2, 0.25) is 0 Å². The van der Waals surface area contributed by atoms with Gasteiger partial charge in [-0.1, -0.05) is 12.1 Å². The van der Waals surface area contributed by atoms with Crippen LogP contribution in [0.3, 0.4) is 0 Å². The second-order valence-electron chi connectivity index (χ2n) is 6.31. The van der Waals surface area contributed by atoms with Crippen LogP contribution < -0.4 is 10.6 Å². The van der Waals surface area contributed by atoms with Crippen molar-refractivity contribution < 1.29 is 9.53 Å². The average molecular weight is 364 g/mol. The SMILES string of the molecule is Cc1ccnc(-n2cc(C(=O)Nc3ccc([C@H]4CNCCO4)cc3)cn2)n1. The number of amides is 1. The highest BCUT2D eigenvalue weighted by Gasteiger charge is 2.16. The minimum atomic E-state index is -0.239. The Balaban J connectivity index is 1.43. The van der Waals surface area contributed by atoms with Gasteiger partial charge in [-0.25, -0.2) is 14.6 Å². The van der Waals surface area contributed by atoms with Gasteiger partial charge < -0.3 is 15.4 Å². The highest BCUT2D eigenvalue weighted by atomic mass is 16.5. The molecule has 1 saturated heterocycles. The molecule has 1 amide bonds. The lowest BCUT2D eigenvalue weighted by atomic mass is 10.1. The Labute approximate surface area is 156 Å². The fourth-order valence-corrected chi connectivity index (χ4v) is 2.86. The molecule has 138 valence electrons. The Morgan fingerprint density at radius 2 is 2.15 bits per heavy atom. The van der Waals surface area contributed by atoms with Gasteiger partial charge in [-0.15, -0.1) is 0 Å². The Morgan fingerprint density at radius 3 is 2.89 bits per heavy atom. The predicted octanol–water partition coefficient (Wildman–Crippen LogP) is 1.88. The molecule has 1 aromatic carbocycles. The number of morpholine rings is 1. The summed E-state index contributed by atoms with van der Waals surface area (Å²) in [5.74, 6) is 0.191. The van der Waals surface area contributed by atoms with E-state index in [0.29, 0.717) is 23.8 Å². The first-order valence-corrected chi connectivity index (χ1v) is 8.77. The van der Waals surface area contributed by atoms with Crippen LogP contribution in [0.1, 0.15) is 27.7 Å². The summed E-state index contributed by atoms with van der Waals surface area (Å²) in [6.07, 6.45) is 4.82. The first kappa shape index (κ1) is 17.3. The van der Waals surface area contributed by atoms with E-state index in [0.717, 1.165) is 24.3 Å². The standard InChI is InChI=1S/C19H20N6O2/c1-13-6-7-21-19(23-13)25-12-15(10-22-25)18(26)24-16-4-2-14(3-5-16)17-11-20-8-9-27-17/h2-7,10,12,17,20H,8-9,11H2,1H3,(H,24,26)/t17-/m1/s1. The summed E-state index contributed by atoms with van der Waals surface area (Å²) >= 11 is 0. The predicted molar refractivity (Wildman–Crippen MR) is 99.8 cm³/mol. The van der Waals surface area contributed by atoms with Gasteiger partial charge in [0.05, 0.1) is 24.5 Å². The van der Waals surface area contributed by atoms with Crippen LogP contribution in [0.5, 0.6) is 0 Å². The maximum Gasteiger partial charge on any atom is 0.258 e. The second-order valence-corrected chi connectivity index (χ2v) is 6.31. The Morgan fingerprint density at radius 1 is 1.30 bits per heavy atom. The number of carbonyl (C=O) groups is 1. The molecule has 1 atom stereocenters. The molecule has 0 bridgehead atoms. The van der Waals surface area contributed by atoms with Crippen LogP contribution in [-0.2, 0) is 4.74 Å². The number of nitrogens with one attached hydrogen (secondary N) is 2. The molecule has 0 radical (unpaired) electrons. The van der Waals surface area contributed by atoms with Crippen LogP contribution in [0.4, 0.5) is 5.69 Å². The molecule has 8 heteroatoms. The van der Waals surface area contributed by atoms with Crippen LogP contribution in [0.25, 0.3) is 5.95 Å². The molecular weight excluding hydrogens is 344 g/mol. The van der Waals surface area contributed by atoms with Gasteiger partial charge in [0.25, 0.3) is 11.9 Å². The average Bonchev–Trinajstić information content (AvgIpc) is 3.20. The Hall–Kier alpha value is -3.10. The van der Waals surface area contributed by atoms with Crippen molar-refractivity contribution in [1.82, 2.24) is 25.1 Å². The van der Waals surface area contributed by atoms with Crippen LogP contribution in [-0.4, -0.2) is 45.4 Å². The number of nitrogens with zero attached hydrogens (tertiary/aromatic N) is 4. The summed E-state index contributed by atoms with van der Waals surface area (Å²) < 4.78 is 7.22. The number of anilines is 1. The zero-order valence-corrected chi connectivity index (χ0v) is 14.9. The largest absolute Gasteiger partial charge is 0.371 e. The molecule has 4 rings (SSSR count). The Bertz CT molecular complexity index is 931. The van der Waals surface area contributed by atoms with E-state index >= 15 is 0 Å². The van der Waals surface area contributed by atoms with Crippen molar-refractivity contribution in [3.05, 3.63) is 65.7 Å². The molecule has 2 N–H and O–H groups in total. The number of ether oxygens (including phenoxy) is 1. The Kier molecular flexibility index (Phi) is 4.91. The second kappa shape index (κ2) is 7.65. The normalized spacial score (nSPS) is 16.9. The lowest BCUT2D eigenvalue weighted by molar-refractivity contribution is 0.0277. The van der Waals surface area contributed by atoms with Gasteiger partial charge in [-0.3, -0.25) is 4.79 Å². The molecule has 0 unspecified atom stereocenters. The van der Waals surface area contributed by atoms with Gasteiger partial charge in [-0.2, -0.15) is 5.10 Å². The fraction of sp³-hybridized carbons (Fsp3) is 0.263. The summed E-state index contributed by atoms with van der Waals surface area (Å²) in [5, 5.41) is 10.4. The van der Waals surface area contributed by atoms with Gasteiger partial charge >= 0.3 is 0 Å². The highest BCUT2D eigenvalue weighted by Crippen LogP contribution is 2.21. The van der Waals surface area contributed by atoms with Crippen molar-refractivity contribution >= 4 is 11.6 Å². The van der Waals surface area contributed by atoms with E-state index in [1.807, 2.05) is 31.2 Å². The minimum absolute atomic E-state index is 0.0519. The van der Waals surface area contributed by atoms with Crippen molar-refractivity contribution in [1.29, 1.82) is 0 Å². The molecule has 0 saturated carbocycles. The van der Waals surface area contributed by atoms with Crippen molar-refractivity contribution in [2.45, 2.75) is 13.0 Å². The van der Waals surface area contributed by atoms with Crippen LogP contribution in [0, 0.1) is 6.92 Å². The van der Waals surface area contributed by atoms with E-state index in [4.69, 9.17) is 4.74 Å². The van der Waals surface area contributed by atoms with E-state index in [1.54, 1.807) is 18.5 Å². The van der Waals surface area contributed by atoms with Gasteiger partial charge in [-0.05, 0) is 30.7 Å².